The molecule has 0 saturated carbocycles. The maximum Gasteiger partial charge on any atom is 0.203 e. The minimum absolute atomic E-state index is 0.130. The second-order valence-electron chi connectivity index (χ2n) is 7.63. The van der Waals surface area contributed by atoms with Gasteiger partial charge in [-0.25, -0.2) is 0 Å². The van der Waals surface area contributed by atoms with Crippen molar-refractivity contribution in [2.24, 2.45) is 0 Å². The van der Waals surface area contributed by atoms with Crippen molar-refractivity contribution >= 4 is 0 Å². The number of piperazine rings is 1. The van der Waals surface area contributed by atoms with Crippen molar-refractivity contribution in [3.05, 3.63) is 53.6 Å². The van der Waals surface area contributed by atoms with E-state index in [1.54, 1.807) is 14.2 Å². The Kier molecular flexibility index (Phi) is 6.24. The largest absolute Gasteiger partial charge is 0.493 e. The molecule has 1 heterocycles. The third kappa shape index (κ3) is 5.15. The van der Waals surface area contributed by atoms with Gasteiger partial charge in [0.15, 0.2) is 11.5 Å². The standard InChI is InChI=1S/C22H30N2O3/c1-22(2)16-24(11-10-23-22)14-18-12-19(25-3)21(20(13-18)26-4)27-15-17-8-6-5-7-9-17/h5-9,12-13,23H,10-11,14-16H2,1-4H3. The molecular formula is C22H30N2O3. The number of hydrogen-bond donors (Lipinski definition) is 1. The molecule has 0 radical (unpaired) electrons. The third-order valence-electron chi connectivity index (χ3n) is 4.80. The second kappa shape index (κ2) is 8.63. The van der Waals surface area contributed by atoms with Gasteiger partial charge in [0.05, 0.1) is 14.2 Å². The van der Waals surface area contributed by atoms with Crippen LogP contribution in [0.5, 0.6) is 17.2 Å². The minimum atomic E-state index is 0.130. The maximum absolute atomic E-state index is 6.04. The van der Waals surface area contributed by atoms with Crippen molar-refractivity contribution in [1.29, 1.82) is 0 Å². The predicted molar refractivity (Wildman–Crippen MR) is 108 cm³/mol. The first kappa shape index (κ1) is 19.5. The van der Waals surface area contributed by atoms with E-state index in [1.165, 1.54) is 0 Å². The molecule has 0 aliphatic carbocycles. The van der Waals surface area contributed by atoms with Crippen LogP contribution in [0.3, 0.4) is 0 Å². The van der Waals surface area contributed by atoms with E-state index in [9.17, 15) is 0 Å². The molecule has 146 valence electrons. The summed E-state index contributed by atoms with van der Waals surface area (Å²) in [6, 6.07) is 14.2. The van der Waals surface area contributed by atoms with Crippen LogP contribution in [0, 0.1) is 0 Å². The molecule has 1 aliphatic rings. The summed E-state index contributed by atoms with van der Waals surface area (Å²) in [5.74, 6) is 2.05. The number of nitrogens with one attached hydrogen (secondary N) is 1. The lowest BCUT2D eigenvalue weighted by atomic mass is 10.0. The average molecular weight is 370 g/mol. The molecule has 3 rings (SSSR count). The second-order valence-corrected chi connectivity index (χ2v) is 7.63. The molecule has 0 amide bonds. The van der Waals surface area contributed by atoms with Gasteiger partial charge in [0.1, 0.15) is 6.61 Å². The summed E-state index contributed by atoms with van der Waals surface area (Å²) in [6.45, 7) is 8.83. The lowest BCUT2D eigenvalue weighted by Crippen LogP contribution is -2.56. The summed E-state index contributed by atoms with van der Waals surface area (Å²) in [7, 11) is 3.34. The third-order valence-corrected chi connectivity index (χ3v) is 4.80. The van der Waals surface area contributed by atoms with Crippen molar-refractivity contribution < 1.29 is 14.2 Å². The maximum atomic E-state index is 6.04. The Morgan fingerprint density at radius 1 is 1.00 bits per heavy atom. The quantitative estimate of drug-likeness (QED) is 0.808. The summed E-state index contributed by atoms with van der Waals surface area (Å²) in [4.78, 5) is 2.45. The molecule has 1 saturated heterocycles. The Hall–Kier alpha value is -2.24. The van der Waals surface area contributed by atoms with Crippen molar-refractivity contribution in [2.45, 2.75) is 32.5 Å². The van der Waals surface area contributed by atoms with Gasteiger partial charge in [0.2, 0.25) is 5.75 Å². The van der Waals surface area contributed by atoms with Gasteiger partial charge in [-0.2, -0.15) is 0 Å². The van der Waals surface area contributed by atoms with E-state index in [0.717, 1.165) is 37.3 Å². The van der Waals surface area contributed by atoms with Crippen molar-refractivity contribution in [2.75, 3.05) is 33.9 Å². The molecular weight excluding hydrogens is 340 g/mol. The van der Waals surface area contributed by atoms with E-state index in [-0.39, 0.29) is 5.54 Å². The zero-order valence-corrected chi connectivity index (χ0v) is 16.7. The summed E-state index contributed by atoms with van der Waals surface area (Å²) in [5.41, 5.74) is 2.40. The normalized spacial score (nSPS) is 16.7. The van der Waals surface area contributed by atoms with Gasteiger partial charge in [-0.3, -0.25) is 4.90 Å². The highest BCUT2D eigenvalue weighted by molar-refractivity contribution is 5.54. The van der Waals surface area contributed by atoms with Crippen LogP contribution >= 0.6 is 0 Å². The molecule has 2 aromatic rings. The minimum Gasteiger partial charge on any atom is -0.493 e. The molecule has 2 aromatic carbocycles. The first-order valence-electron chi connectivity index (χ1n) is 9.40. The van der Waals surface area contributed by atoms with Gasteiger partial charge in [-0.1, -0.05) is 30.3 Å². The highest BCUT2D eigenvalue weighted by atomic mass is 16.5. The zero-order valence-electron chi connectivity index (χ0n) is 16.7. The summed E-state index contributed by atoms with van der Waals surface area (Å²) >= 11 is 0. The molecule has 5 nitrogen and oxygen atoms in total. The van der Waals surface area contributed by atoms with Crippen LogP contribution in [0.4, 0.5) is 0 Å². The zero-order chi connectivity index (χ0) is 19.3. The fraction of sp³-hybridized carbons (Fsp3) is 0.455. The van der Waals surface area contributed by atoms with Crippen molar-refractivity contribution in [3.8, 4) is 17.2 Å². The van der Waals surface area contributed by atoms with Gasteiger partial charge in [-0.05, 0) is 37.1 Å². The van der Waals surface area contributed by atoms with Crippen LogP contribution in [0.15, 0.2) is 42.5 Å². The highest BCUT2D eigenvalue weighted by Gasteiger charge is 2.26. The van der Waals surface area contributed by atoms with E-state index >= 15 is 0 Å². The van der Waals surface area contributed by atoms with E-state index < -0.39 is 0 Å². The van der Waals surface area contributed by atoms with Crippen molar-refractivity contribution in [3.63, 3.8) is 0 Å². The molecule has 0 spiro atoms. The Morgan fingerprint density at radius 3 is 2.26 bits per heavy atom. The molecule has 1 N–H and O–H groups in total. The van der Waals surface area contributed by atoms with E-state index in [0.29, 0.717) is 23.9 Å². The van der Waals surface area contributed by atoms with Crippen LogP contribution < -0.4 is 19.5 Å². The first-order chi connectivity index (χ1) is 13.0. The first-order valence-corrected chi connectivity index (χ1v) is 9.40. The predicted octanol–water partition coefficient (Wildman–Crippen LogP) is 3.47. The molecule has 1 fully saturated rings. The van der Waals surface area contributed by atoms with Gasteiger partial charge in [0.25, 0.3) is 0 Å². The molecule has 0 aromatic heterocycles. The molecule has 1 aliphatic heterocycles. The van der Waals surface area contributed by atoms with Crippen LogP contribution in [0.2, 0.25) is 0 Å². The Balaban J connectivity index is 1.77. The van der Waals surface area contributed by atoms with E-state index in [2.05, 4.69) is 36.2 Å². The van der Waals surface area contributed by atoms with Gasteiger partial charge >= 0.3 is 0 Å². The number of hydrogen-bond acceptors (Lipinski definition) is 5. The van der Waals surface area contributed by atoms with Crippen LogP contribution in [0.25, 0.3) is 0 Å². The lowest BCUT2D eigenvalue weighted by molar-refractivity contribution is 0.148. The van der Waals surface area contributed by atoms with Gasteiger partial charge in [-0.15, -0.1) is 0 Å². The van der Waals surface area contributed by atoms with Gasteiger partial charge in [0, 0.05) is 31.7 Å². The topological polar surface area (TPSA) is 43.0 Å². The highest BCUT2D eigenvalue weighted by Crippen LogP contribution is 2.39. The molecule has 0 bridgehead atoms. The molecule has 27 heavy (non-hydrogen) atoms. The SMILES string of the molecule is COc1cc(CN2CCNC(C)(C)C2)cc(OC)c1OCc1ccccc1. The van der Waals surface area contributed by atoms with Crippen LogP contribution in [-0.2, 0) is 13.2 Å². The molecule has 5 heteroatoms. The van der Waals surface area contributed by atoms with Crippen molar-refractivity contribution in [1.82, 2.24) is 10.2 Å². The van der Waals surface area contributed by atoms with E-state index in [1.807, 2.05) is 30.3 Å². The number of nitrogens with zero attached hydrogens (tertiary/aromatic N) is 1. The number of methoxy groups -OCH3 is 2. The van der Waals surface area contributed by atoms with Gasteiger partial charge < -0.3 is 19.5 Å². The Labute approximate surface area is 162 Å². The summed E-state index contributed by atoms with van der Waals surface area (Å²) in [5, 5.41) is 3.55. The summed E-state index contributed by atoms with van der Waals surface area (Å²) < 4.78 is 17.3. The number of benzene rings is 2. The van der Waals surface area contributed by atoms with Crippen LogP contribution in [0.1, 0.15) is 25.0 Å². The smallest absolute Gasteiger partial charge is 0.203 e. The Morgan fingerprint density at radius 2 is 1.67 bits per heavy atom. The average Bonchev–Trinajstić information content (AvgIpc) is 2.66. The van der Waals surface area contributed by atoms with E-state index in [4.69, 9.17) is 14.2 Å². The molecule has 0 unspecified atom stereocenters. The fourth-order valence-electron chi connectivity index (χ4n) is 3.54. The summed E-state index contributed by atoms with van der Waals surface area (Å²) in [6.07, 6.45) is 0. The van der Waals surface area contributed by atoms with Crippen LogP contribution in [-0.4, -0.2) is 44.3 Å². The Bertz CT molecular complexity index is 721. The lowest BCUT2D eigenvalue weighted by Gasteiger charge is -2.39. The number of ether oxygens (including phenoxy) is 3. The number of rotatable bonds is 7. The fourth-order valence-corrected chi connectivity index (χ4v) is 3.54. The monoisotopic (exact) mass is 370 g/mol. The molecule has 0 atom stereocenters.